The van der Waals surface area contributed by atoms with Crippen molar-refractivity contribution < 1.29 is 9.90 Å². The van der Waals surface area contributed by atoms with Gasteiger partial charge < -0.3 is 5.11 Å². The molecule has 3 nitrogen and oxygen atoms in total. The van der Waals surface area contributed by atoms with E-state index in [2.05, 4.69) is 11.9 Å². The molecule has 16 heavy (non-hydrogen) atoms. The largest absolute Gasteiger partial charge is 0.477 e. The van der Waals surface area contributed by atoms with E-state index in [1.54, 1.807) is 6.92 Å². The monoisotopic (exact) mass is 239 g/mol. The van der Waals surface area contributed by atoms with E-state index in [0.29, 0.717) is 16.5 Å². The number of hydrogen-bond donors (Lipinski definition) is 1. The Morgan fingerprint density at radius 1 is 1.38 bits per heavy atom. The van der Waals surface area contributed by atoms with Gasteiger partial charge in [-0.25, -0.2) is 9.78 Å². The van der Waals surface area contributed by atoms with Gasteiger partial charge in [-0.15, -0.1) is 11.3 Å². The maximum Gasteiger partial charge on any atom is 0.347 e. The van der Waals surface area contributed by atoms with Crippen LogP contribution in [0, 0.1) is 12.8 Å². The van der Waals surface area contributed by atoms with E-state index in [4.69, 9.17) is 5.11 Å². The summed E-state index contributed by atoms with van der Waals surface area (Å²) in [5.41, 5.74) is 0.672. The zero-order chi connectivity index (χ0) is 11.7. The smallest absolute Gasteiger partial charge is 0.347 e. The number of carboxylic acid groups (broad SMARTS) is 1. The second kappa shape index (κ2) is 4.53. The summed E-state index contributed by atoms with van der Waals surface area (Å²) in [5, 5.41) is 10.0. The average Bonchev–Trinajstić information content (AvgIpc) is 2.61. The minimum absolute atomic E-state index is 0.411. The van der Waals surface area contributed by atoms with Crippen molar-refractivity contribution >= 4 is 17.3 Å². The molecule has 4 heteroatoms. The van der Waals surface area contributed by atoms with E-state index < -0.39 is 5.97 Å². The first-order valence-electron chi connectivity index (χ1n) is 5.78. The number of carboxylic acids is 1. The van der Waals surface area contributed by atoms with Gasteiger partial charge in [0.05, 0.1) is 10.7 Å². The third-order valence-electron chi connectivity index (χ3n) is 3.37. The van der Waals surface area contributed by atoms with Crippen LogP contribution < -0.4 is 0 Å². The highest BCUT2D eigenvalue weighted by atomic mass is 32.1. The first-order chi connectivity index (χ1) is 7.58. The molecule has 0 bridgehead atoms. The van der Waals surface area contributed by atoms with Gasteiger partial charge in [-0.3, -0.25) is 0 Å². The van der Waals surface area contributed by atoms with E-state index >= 15 is 0 Å². The van der Waals surface area contributed by atoms with E-state index in [1.165, 1.54) is 24.2 Å². The molecule has 0 radical (unpaired) electrons. The summed E-state index contributed by atoms with van der Waals surface area (Å²) < 4.78 is 0. The van der Waals surface area contributed by atoms with Crippen molar-refractivity contribution in [1.29, 1.82) is 0 Å². The fourth-order valence-corrected chi connectivity index (χ4v) is 3.37. The second-order valence-electron chi connectivity index (χ2n) is 4.73. The highest BCUT2D eigenvalue weighted by molar-refractivity contribution is 7.13. The van der Waals surface area contributed by atoms with Gasteiger partial charge in [0.25, 0.3) is 0 Å². The predicted molar refractivity (Wildman–Crippen MR) is 64.2 cm³/mol. The molecular weight excluding hydrogens is 222 g/mol. The van der Waals surface area contributed by atoms with Gasteiger partial charge in [0, 0.05) is 5.92 Å². The predicted octanol–water partition coefficient (Wildman–Crippen LogP) is 3.44. The van der Waals surface area contributed by atoms with E-state index in [9.17, 15) is 4.79 Å². The van der Waals surface area contributed by atoms with Crippen LogP contribution in [0.2, 0.25) is 0 Å². The molecule has 1 aliphatic rings. The SMILES string of the molecule is Cc1nc(C2CCC(C)CC2)sc1C(=O)O. The van der Waals surface area contributed by atoms with Crippen LogP contribution in [-0.2, 0) is 0 Å². The number of carbonyl (C=O) groups is 1. The molecule has 0 saturated heterocycles. The molecule has 2 rings (SSSR count). The molecule has 0 spiro atoms. The molecule has 1 N–H and O–H groups in total. The van der Waals surface area contributed by atoms with Gasteiger partial charge in [0.1, 0.15) is 4.88 Å². The minimum Gasteiger partial charge on any atom is -0.477 e. The number of aromatic carboxylic acids is 1. The fourth-order valence-electron chi connectivity index (χ4n) is 2.30. The number of thiazole rings is 1. The van der Waals surface area contributed by atoms with Gasteiger partial charge in [-0.05, 0) is 25.7 Å². The molecule has 1 fully saturated rings. The molecule has 0 amide bonds. The lowest BCUT2D eigenvalue weighted by Crippen LogP contribution is -2.10. The summed E-state index contributed by atoms with van der Waals surface area (Å²) in [6.45, 7) is 4.07. The van der Waals surface area contributed by atoms with Crippen LogP contribution in [0.25, 0.3) is 0 Å². The standard InChI is InChI=1S/C12H17NO2S/c1-7-3-5-9(6-4-7)11-13-8(2)10(16-11)12(14)15/h7,9H,3-6H2,1-2H3,(H,14,15). The van der Waals surface area contributed by atoms with Crippen LogP contribution in [0.5, 0.6) is 0 Å². The molecule has 88 valence electrons. The molecule has 0 atom stereocenters. The van der Waals surface area contributed by atoms with Crippen molar-refractivity contribution in [2.45, 2.75) is 45.4 Å². The lowest BCUT2D eigenvalue weighted by atomic mass is 9.83. The van der Waals surface area contributed by atoms with Crippen LogP contribution in [-0.4, -0.2) is 16.1 Å². The third-order valence-corrected chi connectivity index (χ3v) is 4.68. The minimum atomic E-state index is -0.842. The summed E-state index contributed by atoms with van der Waals surface area (Å²) in [4.78, 5) is 15.8. The van der Waals surface area contributed by atoms with Crippen molar-refractivity contribution in [3.05, 3.63) is 15.6 Å². The molecule has 1 aliphatic carbocycles. The molecule has 1 aromatic heterocycles. The number of aromatic nitrogens is 1. The Labute approximate surface area is 99.5 Å². The topological polar surface area (TPSA) is 50.2 Å². The summed E-state index contributed by atoms with van der Waals surface area (Å²) in [7, 11) is 0. The van der Waals surface area contributed by atoms with Crippen LogP contribution in [0.1, 0.15) is 58.9 Å². The Kier molecular flexibility index (Phi) is 3.28. The normalized spacial score (nSPS) is 25.6. The van der Waals surface area contributed by atoms with Gasteiger partial charge >= 0.3 is 5.97 Å². The number of aryl methyl sites for hydroxylation is 1. The maximum absolute atomic E-state index is 10.9. The molecule has 1 heterocycles. The zero-order valence-corrected chi connectivity index (χ0v) is 10.5. The molecule has 1 aromatic rings. The molecular formula is C12H17NO2S. The van der Waals surface area contributed by atoms with Crippen molar-refractivity contribution in [3.63, 3.8) is 0 Å². The quantitative estimate of drug-likeness (QED) is 0.860. The van der Waals surface area contributed by atoms with Gasteiger partial charge in [-0.1, -0.05) is 19.8 Å². The lowest BCUT2D eigenvalue weighted by molar-refractivity contribution is 0.0701. The highest BCUT2D eigenvalue weighted by Gasteiger charge is 2.24. The molecule has 1 saturated carbocycles. The van der Waals surface area contributed by atoms with Crippen molar-refractivity contribution in [2.24, 2.45) is 5.92 Å². The Hall–Kier alpha value is -0.900. The highest BCUT2D eigenvalue weighted by Crippen LogP contribution is 2.37. The maximum atomic E-state index is 10.9. The van der Waals surface area contributed by atoms with Gasteiger partial charge in [-0.2, -0.15) is 0 Å². The Bertz CT molecular complexity index is 392. The fraction of sp³-hybridized carbons (Fsp3) is 0.667. The zero-order valence-electron chi connectivity index (χ0n) is 9.69. The van der Waals surface area contributed by atoms with E-state index in [1.807, 2.05) is 0 Å². The summed E-state index contributed by atoms with van der Waals surface area (Å²) in [6.07, 6.45) is 4.80. The molecule has 0 unspecified atom stereocenters. The molecule has 0 aromatic carbocycles. The summed E-state index contributed by atoms with van der Waals surface area (Å²) >= 11 is 1.36. The molecule has 0 aliphatic heterocycles. The van der Waals surface area contributed by atoms with Gasteiger partial charge in [0.2, 0.25) is 0 Å². The number of rotatable bonds is 2. The Balaban J connectivity index is 2.15. The van der Waals surface area contributed by atoms with Crippen molar-refractivity contribution in [2.75, 3.05) is 0 Å². The van der Waals surface area contributed by atoms with Crippen LogP contribution in [0.4, 0.5) is 0 Å². The third kappa shape index (κ3) is 2.26. The first-order valence-corrected chi connectivity index (χ1v) is 6.60. The second-order valence-corrected chi connectivity index (χ2v) is 5.76. The summed E-state index contributed by atoms with van der Waals surface area (Å²) in [6, 6.07) is 0. The van der Waals surface area contributed by atoms with Crippen LogP contribution in [0.15, 0.2) is 0 Å². The van der Waals surface area contributed by atoms with Crippen LogP contribution in [0.3, 0.4) is 0 Å². The van der Waals surface area contributed by atoms with E-state index in [0.717, 1.165) is 23.8 Å². The average molecular weight is 239 g/mol. The first kappa shape index (κ1) is 11.6. The number of hydrogen-bond acceptors (Lipinski definition) is 3. The van der Waals surface area contributed by atoms with Crippen LogP contribution >= 0.6 is 11.3 Å². The lowest BCUT2D eigenvalue weighted by Gasteiger charge is -2.24. The Morgan fingerprint density at radius 3 is 2.50 bits per heavy atom. The Morgan fingerprint density at radius 2 is 2.00 bits per heavy atom. The van der Waals surface area contributed by atoms with Crippen molar-refractivity contribution in [1.82, 2.24) is 4.98 Å². The van der Waals surface area contributed by atoms with Gasteiger partial charge in [0.15, 0.2) is 0 Å². The summed E-state index contributed by atoms with van der Waals surface area (Å²) in [5.74, 6) is 0.467. The van der Waals surface area contributed by atoms with Crippen molar-refractivity contribution in [3.8, 4) is 0 Å². The van der Waals surface area contributed by atoms with E-state index in [-0.39, 0.29) is 0 Å². The number of nitrogens with zero attached hydrogens (tertiary/aromatic N) is 1.